The highest BCUT2D eigenvalue weighted by Crippen LogP contribution is 2.24. The quantitative estimate of drug-likeness (QED) is 0.785. The first-order chi connectivity index (χ1) is 11.7. The van der Waals surface area contributed by atoms with Gasteiger partial charge in [0.15, 0.2) is 5.65 Å². The normalized spacial score (nSPS) is 11.6. The maximum atomic E-state index is 12.4. The molecule has 6 nitrogen and oxygen atoms in total. The molecule has 0 aliphatic carbocycles. The van der Waals surface area contributed by atoms with Crippen molar-refractivity contribution in [3.8, 4) is 5.75 Å². The summed E-state index contributed by atoms with van der Waals surface area (Å²) in [5, 5.41) is 6.72. The third kappa shape index (κ3) is 3.70. The van der Waals surface area contributed by atoms with Gasteiger partial charge in [-0.15, -0.1) is 13.2 Å². The molecule has 0 atom stereocenters. The molecule has 3 aromatic rings. The molecular weight excluding hydrogens is 337 g/mol. The van der Waals surface area contributed by atoms with E-state index in [1.807, 2.05) is 13.0 Å². The average molecular weight is 350 g/mol. The van der Waals surface area contributed by atoms with Crippen LogP contribution in [0.3, 0.4) is 0 Å². The van der Waals surface area contributed by atoms with Gasteiger partial charge < -0.3 is 10.1 Å². The molecule has 2 heterocycles. The van der Waals surface area contributed by atoms with Crippen LogP contribution in [0.25, 0.3) is 5.65 Å². The first-order valence-electron chi connectivity index (χ1n) is 7.22. The third-order valence-corrected chi connectivity index (χ3v) is 3.37. The third-order valence-electron chi connectivity index (χ3n) is 3.37. The van der Waals surface area contributed by atoms with Gasteiger partial charge in [-0.3, -0.25) is 4.79 Å². The topological polar surface area (TPSA) is 68.5 Å². The van der Waals surface area contributed by atoms with Gasteiger partial charge in [-0.2, -0.15) is 5.10 Å². The minimum absolute atomic E-state index is 0.266. The summed E-state index contributed by atoms with van der Waals surface area (Å²) in [5.74, 6) is -0.827. The summed E-state index contributed by atoms with van der Waals surface area (Å²) in [7, 11) is 0. The smallest absolute Gasteiger partial charge is 0.406 e. The van der Waals surface area contributed by atoms with E-state index in [-0.39, 0.29) is 11.3 Å². The van der Waals surface area contributed by atoms with Gasteiger partial charge in [-0.05, 0) is 44.2 Å². The number of amides is 1. The van der Waals surface area contributed by atoms with Crippen molar-refractivity contribution in [2.45, 2.75) is 20.2 Å². The second kappa shape index (κ2) is 6.08. The summed E-state index contributed by atoms with van der Waals surface area (Å²) in [5.41, 5.74) is 2.57. The van der Waals surface area contributed by atoms with Crippen molar-refractivity contribution in [2.75, 3.05) is 5.32 Å². The van der Waals surface area contributed by atoms with E-state index in [1.165, 1.54) is 18.3 Å². The molecule has 0 unspecified atom stereocenters. The predicted molar refractivity (Wildman–Crippen MR) is 83.5 cm³/mol. The van der Waals surface area contributed by atoms with Gasteiger partial charge in [-0.25, -0.2) is 9.50 Å². The second-order valence-electron chi connectivity index (χ2n) is 5.36. The number of carbonyl (C=O) groups excluding carboxylic acids is 1. The number of alkyl halides is 3. The molecule has 0 fully saturated rings. The molecule has 1 aromatic carbocycles. The summed E-state index contributed by atoms with van der Waals surface area (Å²) >= 11 is 0. The van der Waals surface area contributed by atoms with E-state index in [2.05, 4.69) is 20.1 Å². The Hall–Kier alpha value is -3.10. The zero-order valence-electron chi connectivity index (χ0n) is 13.3. The van der Waals surface area contributed by atoms with Crippen molar-refractivity contribution in [3.63, 3.8) is 0 Å². The highest BCUT2D eigenvalue weighted by Gasteiger charge is 2.31. The van der Waals surface area contributed by atoms with Gasteiger partial charge in [0.25, 0.3) is 5.91 Å². The first-order valence-corrected chi connectivity index (χ1v) is 7.22. The van der Waals surface area contributed by atoms with Crippen molar-refractivity contribution in [1.82, 2.24) is 14.6 Å². The molecule has 3 rings (SSSR count). The Morgan fingerprint density at radius 2 is 1.88 bits per heavy atom. The molecule has 0 radical (unpaired) electrons. The highest BCUT2D eigenvalue weighted by molar-refractivity contribution is 6.08. The van der Waals surface area contributed by atoms with Crippen LogP contribution in [0.2, 0.25) is 0 Å². The van der Waals surface area contributed by atoms with Gasteiger partial charge in [0.1, 0.15) is 11.3 Å². The molecular formula is C16H13F3N4O2. The average Bonchev–Trinajstić information content (AvgIpc) is 2.92. The minimum Gasteiger partial charge on any atom is -0.406 e. The van der Waals surface area contributed by atoms with Gasteiger partial charge >= 0.3 is 6.36 Å². The van der Waals surface area contributed by atoms with Crippen LogP contribution in [-0.2, 0) is 0 Å². The number of hydrogen-bond donors (Lipinski definition) is 1. The van der Waals surface area contributed by atoms with Crippen molar-refractivity contribution < 1.29 is 22.7 Å². The number of halogens is 3. The van der Waals surface area contributed by atoms with Crippen LogP contribution in [0.4, 0.5) is 18.9 Å². The standard InChI is InChI=1S/C16H13F3N4O2/c1-9-7-10(2)23-14(21-9)13(8-20-23)15(24)22-11-3-5-12(6-4-11)25-16(17,18)19/h3-8H,1-2H3,(H,22,24). The zero-order chi connectivity index (χ0) is 18.2. The first kappa shape index (κ1) is 16.7. The maximum absolute atomic E-state index is 12.4. The summed E-state index contributed by atoms with van der Waals surface area (Å²) < 4.78 is 41.8. The number of aryl methyl sites for hydroxylation is 2. The van der Waals surface area contributed by atoms with Crippen LogP contribution in [0.15, 0.2) is 36.5 Å². The van der Waals surface area contributed by atoms with Crippen LogP contribution in [-0.4, -0.2) is 26.9 Å². The van der Waals surface area contributed by atoms with E-state index in [1.54, 1.807) is 11.4 Å². The number of ether oxygens (including phenoxy) is 1. The fourth-order valence-corrected chi connectivity index (χ4v) is 2.37. The Balaban J connectivity index is 1.81. The van der Waals surface area contributed by atoms with E-state index in [0.29, 0.717) is 11.3 Å². The lowest BCUT2D eigenvalue weighted by molar-refractivity contribution is -0.274. The number of nitrogens with zero attached hydrogens (tertiary/aromatic N) is 3. The summed E-state index contributed by atoms with van der Waals surface area (Å²) in [6, 6.07) is 6.70. The Labute approximate surface area is 140 Å². The lowest BCUT2D eigenvalue weighted by Gasteiger charge is -2.09. The summed E-state index contributed by atoms with van der Waals surface area (Å²) in [4.78, 5) is 16.7. The highest BCUT2D eigenvalue weighted by atomic mass is 19.4. The molecule has 9 heteroatoms. The summed E-state index contributed by atoms with van der Waals surface area (Å²) in [6.07, 6.45) is -3.37. The number of hydrogen-bond acceptors (Lipinski definition) is 4. The fourth-order valence-electron chi connectivity index (χ4n) is 2.37. The van der Waals surface area contributed by atoms with Crippen LogP contribution in [0.5, 0.6) is 5.75 Å². The Morgan fingerprint density at radius 1 is 1.20 bits per heavy atom. The second-order valence-corrected chi connectivity index (χ2v) is 5.36. The molecule has 130 valence electrons. The number of aromatic nitrogens is 3. The van der Waals surface area contributed by atoms with E-state index >= 15 is 0 Å². The van der Waals surface area contributed by atoms with Gasteiger partial charge in [-0.1, -0.05) is 0 Å². The van der Waals surface area contributed by atoms with Crippen molar-refractivity contribution in [2.24, 2.45) is 0 Å². The lowest BCUT2D eigenvalue weighted by atomic mass is 10.2. The van der Waals surface area contributed by atoms with E-state index < -0.39 is 12.3 Å². The Morgan fingerprint density at radius 3 is 2.52 bits per heavy atom. The molecule has 0 spiro atoms. The number of carbonyl (C=O) groups is 1. The number of fused-ring (bicyclic) bond motifs is 1. The van der Waals surface area contributed by atoms with E-state index in [4.69, 9.17) is 0 Å². The fraction of sp³-hybridized carbons (Fsp3) is 0.188. The maximum Gasteiger partial charge on any atom is 0.573 e. The number of rotatable bonds is 3. The largest absolute Gasteiger partial charge is 0.573 e. The van der Waals surface area contributed by atoms with Crippen molar-refractivity contribution in [1.29, 1.82) is 0 Å². The molecule has 0 saturated carbocycles. The number of nitrogens with one attached hydrogen (secondary N) is 1. The van der Waals surface area contributed by atoms with Gasteiger partial charge in [0.2, 0.25) is 0 Å². The predicted octanol–water partition coefficient (Wildman–Crippen LogP) is 3.50. The molecule has 2 aromatic heterocycles. The summed E-state index contributed by atoms with van der Waals surface area (Å²) in [6.45, 7) is 3.65. The lowest BCUT2D eigenvalue weighted by Crippen LogP contribution is -2.17. The molecule has 0 bridgehead atoms. The van der Waals surface area contributed by atoms with E-state index in [9.17, 15) is 18.0 Å². The molecule has 0 saturated heterocycles. The van der Waals surface area contributed by atoms with Gasteiger partial charge in [0.05, 0.1) is 6.20 Å². The van der Waals surface area contributed by atoms with Crippen LogP contribution >= 0.6 is 0 Å². The number of anilines is 1. The van der Waals surface area contributed by atoms with Crippen LogP contribution in [0.1, 0.15) is 21.7 Å². The Kier molecular flexibility index (Phi) is 4.07. The van der Waals surface area contributed by atoms with Gasteiger partial charge in [0, 0.05) is 17.1 Å². The molecule has 1 amide bonds. The van der Waals surface area contributed by atoms with Crippen LogP contribution < -0.4 is 10.1 Å². The number of benzene rings is 1. The van der Waals surface area contributed by atoms with E-state index in [0.717, 1.165) is 23.5 Å². The van der Waals surface area contributed by atoms with Crippen molar-refractivity contribution in [3.05, 3.63) is 53.5 Å². The minimum atomic E-state index is -4.76. The molecule has 0 aliphatic rings. The Bertz CT molecular complexity index is 933. The van der Waals surface area contributed by atoms with Crippen molar-refractivity contribution >= 4 is 17.2 Å². The molecule has 1 N–H and O–H groups in total. The molecule has 25 heavy (non-hydrogen) atoms. The monoisotopic (exact) mass is 350 g/mol. The zero-order valence-corrected chi connectivity index (χ0v) is 13.3. The molecule has 0 aliphatic heterocycles. The SMILES string of the molecule is Cc1cc(C)n2ncc(C(=O)Nc3ccc(OC(F)(F)F)cc3)c2n1. The van der Waals surface area contributed by atoms with Crippen LogP contribution in [0, 0.1) is 13.8 Å².